The van der Waals surface area contributed by atoms with Crippen molar-refractivity contribution in [1.29, 1.82) is 0 Å². The highest BCUT2D eigenvalue weighted by atomic mass is 32.2. The van der Waals surface area contributed by atoms with E-state index in [9.17, 15) is 23.4 Å². The molecule has 0 heterocycles. The first kappa shape index (κ1) is 18.3. The molecule has 7 nitrogen and oxygen atoms in total. The molecule has 0 atom stereocenters. The van der Waals surface area contributed by atoms with Crippen molar-refractivity contribution >= 4 is 21.7 Å². The smallest absolute Gasteiger partial charge is 0.339 e. The first-order chi connectivity index (χ1) is 12.8. The van der Waals surface area contributed by atoms with Gasteiger partial charge in [0, 0.05) is 11.6 Å². The molecule has 27 heavy (non-hydrogen) atoms. The monoisotopic (exact) mass is 385 g/mol. The highest BCUT2D eigenvalue weighted by molar-refractivity contribution is 7.92. The van der Waals surface area contributed by atoms with Gasteiger partial charge in [0.15, 0.2) is 0 Å². The molecule has 0 aliphatic rings. The highest BCUT2D eigenvalue weighted by Gasteiger charge is 2.22. The van der Waals surface area contributed by atoms with Crippen molar-refractivity contribution in [2.45, 2.75) is 4.90 Å². The number of phenolic OH excluding ortho intramolecular Hbond substituents is 1. The molecule has 0 radical (unpaired) electrons. The number of benzene rings is 3. The number of aromatic carboxylic acids is 1. The fourth-order valence-corrected chi connectivity index (χ4v) is 3.75. The van der Waals surface area contributed by atoms with E-state index in [0.717, 1.165) is 12.1 Å². The molecular formula is C19H15NO6S. The highest BCUT2D eigenvalue weighted by Crippen LogP contribution is 2.35. The van der Waals surface area contributed by atoms with E-state index >= 15 is 0 Å². The molecule has 0 unspecified atom stereocenters. The van der Waals surface area contributed by atoms with Crippen LogP contribution in [0.1, 0.15) is 10.4 Å². The van der Waals surface area contributed by atoms with Gasteiger partial charge >= 0.3 is 5.97 Å². The maximum absolute atomic E-state index is 12.7. The third kappa shape index (κ3) is 3.70. The number of phenols is 2. The summed E-state index contributed by atoms with van der Waals surface area (Å²) in [5.74, 6) is -2.33. The number of para-hydroxylation sites is 1. The molecule has 138 valence electrons. The molecule has 0 aromatic heterocycles. The van der Waals surface area contributed by atoms with E-state index in [1.54, 1.807) is 36.4 Å². The van der Waals surface area contributed by atoms with Gasteiger partial charge < -0.3 is 15.3 Å². The molecule has 0 fully saturated rings. The summed E-state index contributed by atoms with van der Waals surface area (Å²) in [4.78, 5) is 10.6. The molecule has 3 rings (SSSR count). The number of anilines is 1. The number of carboxylic acids is 1. The Morgan fingerprint density at radius 3 is 2.22 bits per heavy atom. The molecule has 3 aromatic rings. The Labute approximate surface area is 155 Å². The van der Waals surface area contributed by atoms with Gasteiger partial charge in [-0.15, -0.1) is 0 Å². The van der Waals surface area contributed by atoms with Gasteiger partial charge in [0.05, 0.1) is 5.69 Å². The van der Waals surface area contributed by atoms with Crippen LogP contribution in [0.3, 0.4) is 0 Å². The van der Waals surface area contributed by atoms with Gasteiger partial charge in [-0.1, -0.05) is 42.5 Å². The number of hydrogen-bond acceptors (Lipinski definition) is 5. The van der Waals surface area contributed by atoms with Gasteiger partial charge in [-0.25, -0.2) is 13.2 Å². The molecule has 0 spiro atoms. The minimum Gasteiger partial charge on any atom is -0.507 e. The lowest BCUT2D eigenvalue weighted by atomic mass is 10.1. The second-order valence-corrected chi connectivity index (χ2v) is 7.31. The van der Waals surface area contributed by atoms with E-state index in [1.807, 2.05) is 0 Å². The predicted molar refractivity (Wildman–Crippen MR) is 99.4 cm³/mol. The lowest BCUT2D eigenvalue weighted by Crippen LogP contribution is -2.13. The van der Waals surface area contributed by atoms with Crippen molar-refractivity contribution in [3.8, 4) is 22.6 Å². The van der Waals surface area contributed by atoms with Crippen LogP contribution < -0.4 is 4.72 Å². The zero-order valence-electron chi connectivity index (χ0n) is 13.8. The second-order valence-electron chi connectivity index (χ2n) is 5.66. The standard InChI is InChI=1S/C19H15NO6S/c21-16-11-13(9-10-15(16)19(23)24)20-27(25,26)17-8-4-7-14(18(17)22)12-5-2-1-3-6-12/h1-11,20-22H,(H,23,24). The molecule has 8 heteroatoms. The fraction of sp³-hybridized carbons (Fsp3) is 0. The van der Waals surface area contributed by atoms with Gasteiger partial charge in [-0.05, 0) is 23.8 Å². The van der Waals surface area contributed by atoms with E-state index in [4.69, 9.17) is 5.11 Å². The van der Waals surface area contributed by atoms with E-state index in [2.05, 4.69) is 4.72 Å². The maximum Gasteiger partial charge on any atom is 0.339 e. The van der Waals surface area contributed by atoms with Crippen LogP contribution in [0.5, 0.6) is 11.5 Å². The molecule has 4 N–H and O–H groups in total. The largest absolute Gasteiger partial charge is 0.507 e. The summed E-state index contributed by atoms with van der Waals surface area (Å²) in [6.45, 7) is 0. The fourth-order valence-electron chi connectivity index (χ4n) is 2.58. The van der Waals surface area contributed by atoms with Crippen LogP contribution in [-0.2, 0) is 10.0 Å². The number of sulfonamides is 1. The topological polar surface area (TPSA) is 124 Å². The Morgan fingerprint density at radius 1 is 0.889 bits per heavy atom. The molecule has 0 bridgehead atoms. The molecule has 3 aromatic carbocycles. The predicted octanol–water partition coefficient (Wildman–Crippen LogP) is 3.26. The maximum atomic E-state index is 12.7. The van der Waals surface area contributed by atoms with Crippen LogP contribution >= 0.6 is 0 Å². The number of hydrogen-bond donors (Lipinski definition) is 4. The van der Waals surface area contributed by atoms with Crippen molar-refractivity contribution in [1.82, 2.24) is 0 Å². The van der Waals surface area contributed by atoms with Gasteiger partial charge in [0.1, 0.15) is 22.0 Å². The van der Waals surface area contributed by atoms with E-state index in [0.29, 0.717) is 11.1 Å². The zero-order valence-corrected chi connectivity index (χ0v) is 14.6. The SMILES string of the molecule is O=C(O)c1ccc(NS(=O)(=O)c2cccc(-c3ccccc3)c2O)cc1O. The van der Waals surface area contributed by atoms with Crippen LogP contribution in [0.25, 0.3) is 11.1 Å². The number of aromatic hydroxyl groups is 2. The normalized spacial score (nSPS) is 11.1. The van der Waals surface area contributed by atoms with Crippen LogP contribution in [0.15, 0.2) is 71.6 Å². The van der Waals surface area contributed by atoms with Crippen molar-refractivity contribution < 1.29 is 28.5 Å². The summed E-state index contributed by atoms with van der Waals surface area (Å²) in [5, 5.41) is 29.1. The number of carbonyl (C=O) groups is 1. The molecule has 0 saturated carbocycles. The number of carboxylic acid groups (broad SMARTS) is 1. The van der Waals surface area contributed by atoms with Crippen molar-refractivity contribution in [2.24, 2.45) is 0 Å². The average molecular weight is 385 g/mol. The third-order valence-electron chi connectivity index (χ3n) is 3.85. The quantitative estimate of drug-likeness (QED) is 0.534. The molecule has 0 saturated heterocycles. The minimum atomic E-state index is -4.18. The van der Waals surface area contributed by atoms with Crippen LogP contribution in [-0.4, -0.2) is 29.7 Å². The summed E-state index contributed by atoms with van der Waals surface area (Å²) in [5.41, 5.74) is 0.604. The van der Waals surface area contributed by atoms with Crippen molar-refractivity contribution in [3.63, 3.8) is 0 Å². The van der Waals surface area contributed by atoms with E-state index in [1.165, 1.54) is 18.2 Å². The van der Waals surface area contributed by atoms with Crippen LogP contribution in [0, 0.1) is 0 Å². The average Bonchev–Trinajstić information content (AvgIpc) is 2.62. The van der Waals surface area contributed by atoms with Gasteiger partial charge in [-0.3, -0.25) is 4.72 Å². The van der Waals surface area contributed by atoms with Crippen molar-refractivity contribution in [2.75, 3.05) is 4.72 Å². The van der Waals surface area contributed by atoms with Gasteiger partial charge in [0.25, 0.3) is 10.0 Å². The van der Waals surface area contributed by atoms with Crippen LogP contribution in [0.2, 0.25) is 0 Å². The third-order valence-corrected chi connectivity index (χ3v) is 5.27. The van der Waals surface area contributed by atoms with Crippen LogP contribution in [0.4, 0.5) is 5.69 Å². The zero-order chi connectivity index (χ0) is 19.6. The van der Waals surface area contributed by atoms with E-state index in [-0.39, 0.29) is 16.1 Å². The Hall–Kier alpha value is -3.52. The molecule has 0 aliphatic carbocycles. The summed E-state index contributed by atoms with van der Waals surface area (Å²) in [6, 6.07) is 16.4. The lowest BCUT2D eigenvalue weighted by molar-refractivity contribution is 0.0693. The summed E-state index contributed by atoms with van der Waals surface area (Å²) < 4.78 is 27.6. The Morgan fingerprint density at radius 2 is 1.59 bits per heavy atom. The molecular weight excluding hydrogens is 370 g/mol. The Kier molecular flexibility index (Phi) is 4.74. The molecule has 0 aliphatic heterocycles. The van der Waals surface area contributed by atoms with E-state index < -0.39 is 27.5 Å². The van der Waals surface area contributed by atoms with Gasteiger partial charge in [0.2, 0.25) is 0 Å². The summed E-state index contributed by atoms with van der Waals surface area (Å²) in [7, 11) is -4.18. The number of rotatable bonds is 5. The summed E-state index contributed by atoms with van der Waals surface area (Å²) in [6.07, 6.45) is 0. The first-order valence-electron chi connectivity index (χ1n) is 7.76. The van der Waals surface area contributed by atoms with Crippen molar-refractivity contribution in [3.05, 3.63) is 72.3 Å². The summed E-state index contributed by atoms with van der Waals surface area (Å²) >= 11 is 0. The Balaban J connectivity index is 1.99. The Bertz CT molecular complexity index is 1110. The first-order valence-corrected chi connectivity index (χ1v) is 9.24. The minimum absolute atomic E-state index is 0.0398. The van der Waals surface area contributed by atoms with Gasteiger partial charge in [-0.2, -0.15) is 0 Å². The molecule has 0 amide bonds. The second kappa shape index (κ2) is 7.00. The lowest BCUT2D eigenvalue weighted by Gasteiger charge is -2.13. The number of nitrogens with one attached hydrogen (secondary N) is 1.